The highest BCUT2D eigenvalue weighted by atomic mass is 16.5. The van der Waals surface area contributed by atoms with Crippen molar-refractivity contribution in [2.24, 2.45) is 0 Å². The molecule has 6 rings (SSSR count). The molecule has 2 aromatic carbocycles. The van der Waals surface area contributed by atoms with E-state index in [0.29, 0.717) is 44.8 Å². The smallest absolute Gasteiger partial charge is 0.319 e. The predicted octanol–water partition coefficient (Wildman–Crippen LogP) is 4.97. The van der Waals surface area contributed by atoms with Crippen LogP contribution in [-0.4, -0.2) is 78.1 Å². The topological polar surface area (TPSA) is 74.9 Å². The highest BCUT2D eigenvalue weighted by molar-refractivity contribution is 6.14. The molecule has 202 valence electrons. The van der Waals surface area contributed by atoms with E-state index in [1.165, 1.54) is 29.2 Å². The Hall–Kier alpha value is -3.91. The second-order valence-corrected chi connectivity index (χ2v) is 10.7. The molecule has 0 saturated carbocycles. The molecule has 0 aliphatic carbocycles. The summed E-state index contributed by atoms with van der Waals surface area (Å²) in [6.07, 6.45) is 5.41. The molecule has 0 N–H and O–H groups in total. The first kappa shape index (κ1) is 25.4. The zero-order valence-corrected chi connectivity index (χ0v) is 22.9. The number of likely N-dealkylation sites (tertiary alicyclic amines) is 1. The molecule has 2 aromatic heterocycles. The highest BCUT2D eigenvalue weighted by Gasteiger charge is 2.27. The van der Waals surface area contributed by atoms with Gasteiger partial charge in [0.1, 0.15) is 18.0 Å². The number of carbonyl (C=O) groups excluding carboxylic acids is 1. The molecule has 0 radical (unpaired) electrons. The lowest BCUT2D eigenvalue weighted by Crippen LogP contribution is -2.48. The van der Waals surface area contributed by atoms with Crippen molar-refractivity contribution < 1.29 is 13.9 Å². The normalized spacial score (nSPS) is 18.3. The maximum Gasteiger partial charge on any atom is 0.319 e. The van der Waals surface area contributed by atoms with Crippen LogP contribution in [0.5, 0.6) is 6.01 Å². The maximum atomic E-state index is 12.2. The highest BCUT2D eigenvalue weighted by Crippen LogP contribution is 2.41. The Morgan fingerprint density at radius 2 is 1.90 bits per heavy atom. The number of furan rings is 1. The number of ether oxygens (including phenoxy) is 1. The Morgan fingerprint density at radius 3 is 2.59 bits per heavy atom. The van der Waals surface area contributed by atoms with Gasteiger partial charge in [-0.15, -0.1) is 0 Å². The number of amides is 1. The zero-order valence-electron chi connectivity index (χ0n) is 22.9. The van der Waals surface area contributed by atoms with Crippen molar-refractivity contribution in [1.29, 1.82) is 0 Å². The van der Waals surface area contributed by atoms with Crippen LogP contribution in [0.4, 0.5) is 5.82 Å². The van der Waals surface area contributed by atoms with Crippen molar-refractivity contribution in [2.45, 2.75) is 32.7 Å². The monoisotopic (exact) mass is 525 g/mol. The van der Waals surface area contributed by atoms with Crippen LogP contribution in [0.2, 0.25) is 0 Å². The summed E-state index contributed by atoms with van der Waals surface area (Å²) < 4.78 is 12.4. The van der Waals surface area contributed by atoms with Crippen molar-refractivity contribution in [2.75, 3.05) is 51.3 Å². The minimum absolute atomic E-state index is 0.0430. The molecule has 1 atom stereocenters. The number of fused-ring (bicyclic) bond motifs is 3. The van der Waals surface area contributed by atoms with Gasteiger partial charge in [0, 0.05) is 37.6 Å². The molecule has 39 heavy (non-hydrogen) atoms. The van der Waals surface area contributed by atoms with Gasteiger partial charge in [-0.1, -0.05) is 24.8 Å². The summed E-state index contributed by atoms with van der Waals surface area (Å²) in [6.45, 7) is 12.1. The number of anilines is 1. The molecule has 8 heteroatoms. The Balaban J connectivity index is 1.48. The van der Waals surface area contributed by atoms with Crippen LogP contribution in [-0.2, 0) is 4.79 Å². The van der Waals surface area contributed by atoms with Crippen LogP contribution in [0, 0.1) is 13.8 Å². The number of carbonyl (C=O) groups is 1. The fourth-order valence-corrected chi connectivity index (χ4v) is 6.06. The second kappa shape index (κ2) is 10.3. The van der Waals surface area contributed by atoms with Gasteiger partial charge in [0.2, 0.25) is 5.91 Å². The number of rotatable bonds is 6. The summed E-state index contributed by atoms with van der Waals surface area (Å²) in [5.41, 5.74) is 6.25. The third kappa shape index (κ3) is 4.63. The van der Waals surface area contributed by atoms with Crippen LogP contribution >= 0.6 is 0 Å². The number of hydrogen-bond acceptors (Lipinski definition) is 7. The molecule has 1 unspecified atom stereocenters. The fourth-order valence-electron chi connectivity index (χ4n) is 6.06. The second-order valence-electron chi connectivity index (χ2n) is 10.7. The van der Waals surface area contributed by atoms with Gasteiger partial charge in [-0.3, -0.25) is 4.79 Å². The van der Waals surface area contributed by atoms with E-state index in [9.17, 15) is 4.79 Å². The van der Waals surface area contributed by atoms with E-state index < -0.39 is 0 Å². The third-order valence-electron chi connectivity index (χ3n) is 8.25. The van der Waals surface area contributed by atoms with Gasteiger partial charge in [0.05, 0.1) is 17.2 Å². The Labute approximate surface area is 228 Å². The quantitative estimate of drug-likeness (QED) is 0.329. The number of piperazine rings is 1. The molecular formula is C31H35N5O3. The van der Waals surface area contributed by atoms with Crippen LogP contribution in [0.1, 0.15) is 24.0 Å². The number of nitrogens with zero attached hydrogens (tertiary/aromatic N) is 5. The first-order valence-corrected chi connectivity index (χ1v) is 13.7. The summed E-state index contributed by atoms with van der Waals surface area (Å²) in [6, 6.07) is 11.3. The van der Waals surface area contributed by atoms with Crippen molar-refractivity contribution in [3.8, 4) is 17.1 Å². The van der Waals surface area contributed by atoms with Gasteiger partial charge < -0.3 is 23.9 Å². The predicted molar refractivity (Wildman–Crippen MR) is 154 cm³/mol. The maximum absolute atomic E-state index is 12.2. The van der Waals surface area contributed by atoms with Gasteiger partial charge in [0.15, 0.2) is 0 Å². The number of likely N-dealkylation sites (N-methyl/N-ethyl adjacent to an activating group) is 1. The molecule has 0 spiro atoms. The molecule has 2 aliphatic heterocycles. The van der Waals surface area contributed by atoms with E-state index in [1.54, 1.807) is 6.26 Å². The zero-order chi connectivity index (χ0) is 27.1. The summed E-state index contributed by atoms with van der Waals surface area (Å²) in [5, 5.41) is 1.91. The van der Waals surface area contributed by atoms with Gasteiger partial charge in [-0.05, 0) is 80.7 Å². The summed E-state index contributed by atoms with van der Waals surface area (Å²) >= 11 is 0. The number of hydrogen-bond donors (Lipinski definition) is 0. The van der Waals surface area contributed by atoms with Gasteiger partial charge in [-0.25, -0.2) is 0 Å². The van der Waals surface area contributed by atoms with Crippen LogP contribution < -0.4 is 9.64 Å². The average molecular weight is 526 g/mol. The van der Waals surface area contributed by atoms with E-state index in [0.717, 1.165) is 46.2 Å². The summed E-state index contributed by atoms with van der Waals surface area (Å²) in [5.74, 6) is 0.743. The number of aromatic nitrogens is 2. The SMILES string of the molecule is C=CC(=O)N1CCN(c2nc(OCC3CCCN3C)nc3cc(-c4c(C)cccc4C)c4ccoc4c23)CC1. The first-order valence-electron chi connectivity index (χ1n) is 13.7. The van der Waals surface area contributed by atoms with E-state index >= 15 is 0 Å². The number of benzene rings is 2. The molecule has 1 amide bonds. The van der Waals surface area contributed by atoms with E-state index in [4.69, 9.17) is 19.1 Å². The molecule has 2 aliphatic rings. The van der Waals surface area contributed by atoms with Crippen molar-refractivity contribution >= 4 is 33.6 Å². The van der Waals surface area contributed by atoms with Gasteiger partial charge in [0.25, 0.3) is 0 Å². The van der Waals surface area contributed by atoms with Crippen LogP contribution in [0.3, 0.4) is 0 Å². The lowest BCUT2D eigenvalue weighted by Gasteiger charge is -2.35. The summed E-state index contributed by atoms with van der Waals surface area (Å²) in [4.78, 5) is 28.5. The van der Waals surface area contributed by atoms with E-state index in [-0.39, 0.29) is 5.91 Å². The Bertz CT molecular complexity index is 1530. The third-order valence-corrected chi connectivity index (χ3v) is 8.25. The van der Waals surface area contributed by atoms with Gasteiger partial charge >= 0.3 is 6.01 Å². The fraction of sp³-hybridized carbons (Fsp3) is 0.387. The molecule has 0 bridgehead atoms. The molecule has 4 aromatic rings. The van der Waals surface area contributed by atoms with Gasteiger partial charge in [-0.2, -0.15) is 9.97 Å². The average Bonchev–Trinajstić information content (AvgIpc) is 3.60. The molecular weight excluding hydrogens is 490 g/mol. The van der Waals surface area contributed by atoms with Crippen molar-refractivity contribution in [3.05, 3.63) is 60.4 Å². The van der Waals surface area contributed by atoms with Crippen LogP contribution in [0.15, 0.2) is 53.7 Å². The summed E-state index contributed by atoms with van der Waals surface area (Å²) in [7, 11) is 2.14. The van der Waals surface area contributed by atoms with E-state index in [1.807, 2.05) is 11.0 Å². The molecule has 4 heterocycles. The van der Waals surface area contributed by atoms with Crippen LogP contribution in [0.25, 0.3) is 33.0 Å². The standard InChI is InChI=1S/C31H35N5O3/c1-5-26(37)35-13-15-36(16-14-35)30-28-25(32-31(33-30)39-19-22-10-7-12-34(22)4)18-24(23-11-17-38-29(23)28)27-20(2)8-6-9-21(27)3/h5-6,8-9,11,17-18,22H,1,7,10,12-16,19H2,2-4H3. The Kier molecular flexibility index (Phi) is 6.73. The van der Waals surface area contributed by atoms with Crippen molar-refractivity contribution in [1.82, 2.24) is 19.8 Å². The lowest BCUT2D eigenvalue weighted by atomic mass is 9.92. The Morgan fingerprint density at radius 1 is 1.13 bits per heavy atom. The minimum Gasteiger partial charge on any atom is -0.463 e. The number of aryl methyl sites for hydroxylation is 2. The largest absolute Gasteiger partial charge is 0.463 e. The van der Waals surface area contributed by atoms with Crippen molar-refractivity contribution in [3.63, 3.8) is 0 Å². The lowest BCUT2D eigenvalue weighted by molar-refractivity contribution is -0.126. The molecule has 2 fully saturated rings. The minimum atomic E-state index is -0.0430. The van der Waals surface area contributed by atoms with E-state index in [2.05, 4.69) is 61.5 Å². The molecule has 8 nitrogen and oxygen atoms in total. The first-order chi connectivity index (χ1) is 18.9. The molecule has 2 saturated heterocycles.